The molecule has 7 nitrogen and oxygen atoms in total. The van der Waals surface area contributed by atoms with Crippen LogP contribution in [0, 0.1) is 5.92 Å². The molecule has 5 heterocycles. The normalized spacial score (nSPS) is 25.7. The summed E-state index contributed by atoms with van der Waals surface area (Å²) in [5.74, 6) is 5.69. The third-order valence-electron chi connectivity index (χ3n) is 6.37. The molecule has 2 atom stereocenters. The smallest absolute Gasteiger partial charge is 0.137 e. The van der Waals surface area contributed by atoms with Gasteiger partial charge in [0.2, 0.25) is 0 Å². The number of hydrogen-bond acceptors (Lipinski definition) is 6. The van der Waals surface area contributed by atoms with Crippen molar-refractivity contribution >= 4 is 11.6 Å². The van der Waals surface area contributed by atoms with Crippen LogP contribution in [0.5, 0.6) is 0 Å². The third kappa shape index (κ3) is 3.28. The summed E-state index contributed by atoms with van der Waals surface area (Å²) >= 11 is 0. The number of anilines is 2. The molecule has 2 saturated heterocycles. The first-order valence-electron chi connectivity index (χ1n) is 10.5. The minimum Gasteiger partial charge on any atom is -0.356 e. The van der Waals surface area contributed by atoms with Gasteiger partial charge in [-0.15, -0.1) is 10.2 Å². The molecule has 2 unspecified atom stereocenters. The summed E-state index contributed by atoms with van der Waals surface area (Å²) in [5.41, 5.74) is 0. The molecule has 0 spiro atoms. The Balaban J connectivity index is 1.34. The molecule has 0 amide bonds. The minimum atomic E-state index is 0.450. The molecule has 3 aliphatic rings. The van der Waals surface area contributed by atoms with Crippen LogP contribution < -0.4 is 9.80 Å². The number of piperidine rings is 2. The van der Waals surface area contributed by atoms with Gasteiger partial charge in [0.05, 0.1) is 0 Å². The number of rotatable bonds is 3. The van der Waals surface area contributed by atoms with Crippen molar-refractivity contribution < 1.29 is 0 Å². The predicted molar refractivity (Wildman–Crippen MR) is 105 cm³/mol. The van der Waals surface area contributed by atoms with E-state index in [1.165, 1.54) is 43.8 Å². The largest absolute Gasteiger partial charge is 0.356 e. The SMILES string of the molecule is CC1CCCN(c2cc(N3CCCC(c4nnc5n4CCC5)C3)ncn2)C1. The lowest BCUT2D eigenvalue weighted by Crippen LogP contribution is -2.37. The Labute approximate surface area is 160 Å². The summed E-state index contributed by atoms with van der Waals surface area (Å²) in [6.07, 6.45) is 8.96. The van der Waals surface area contributed by atoms with E-state index in [-0.39, 0.29) is 0 Å². The lowest BCUT2D eigenvalue weighted by Gasteiger charge is -2.35. The molecule has 144 valence electrons. The van der Waals surface area contributed by atoms with Crippen LogP contribution in [-0.2, 0) is 13.0 Å². The molecule has 0 saturated carbocycles. The van der Waals surface area contributed by atoms with Gasteiger partial charge in [-0.05, 0) is 38.0 Å². The molecule has 0 radical (unpaired) electrons. The molecule has 5 rings (SSSR count). The highest BCUT2D eigenvalue weighted by Gasteiger charge is 2.29. The van der Waals surface area contributed by atoms with Crippen molar-refractivity contribution in [2.24, 2.45) is 5.92 Å². The highest BCUT2D eigenvalue weighted by atomic mass is 15.3. The van der Waals surface area contributed by atoms with Crippen LogP contribution in [0.4, 0.5) is 11.6 Å². The number of aromatic nitrogens is 5. The standard InChI is InChI=1S/C20H29N7/c1-15-5-2-8-25(12-15)18-11-19(22-14-21-18)26-9-3-6-16(13-26)20-24-23-17-7-4-10-27(17)20/h11,14-16H,2-10,12-13H2,1H3. The fourth-order valence-electron chi connectivity index (χ4n) is 4.95. The van der Waals surface area contributed by atoms with Gasteiger partial charge in [-0.2, -0.15) is 0 Å². The van der Waals surface area contributed by atoms with Gasteiger partial charge in [-0.25, -0.2) is 9.97 Å². The van der Waals surface area contributed by atoms with Crippen molar-refractivity contribution in [2.45, 2.75) is 57.9 Å². The second-order valence-electron chi connectivity index (χ2n) is 8.44. The Morgan fingerprint density at radius 2 is 1.67 bits per heavy atom. The van der Waals surface area contributed by atoms with E-state index < -0.39 is 0 Å². The molecule has 7 heteroatoms. The third-order valence-corrected chi connectivity index (χ3v) is 6.37. The Kier molecular flexibility index (Phi) is 4.45. The van der Waals surface area contributed by atoms with Crippen LogP contribution in [0.3, 0.4) is 0 Å². The molecular formula is C20H29N7. The zero-order valence-corrected chi connectivity index (χ0v) is 16.2. The molecule has 2 aromatic heterocycles. The lowest BCUT2D eigenvalue weighted by atomic mass is 9.97. The van der Waals surface area contributed by atoms with Crippen LogP contribution in [0.15, 0.2) is 12.4 Å². The maximum Gasteiger partial charge on any atom is 0.137 e. The maximum atomic E-state index is 4.61. The van der Waals surface area contributed by atoms with Gasteiger partial charge in [-0.3, -0.25) is 0 Å². The summed E-state index contributed by atoms with van der Waals surface area (Å²) in [6, 6.07) is 2.19. The minimum absolute atomic E-state index is 0.450. The first-order valence-corrected chi connectivity index (χ1v) is 10.5. The second kappa shape index (κ2) is 7.09. The number of hydrogen-bond donors (Lipinski definition) is 0. The molecule has 27 heavy (non-hydrogen) atoms. The average molecular weight is 368 g/mol. The molecule has 0 N–H and O–H groups in total. The van der Waals surface area contributed by atoms with E-state index >= 15 is 0 Å². The van der Waals surface area contributed by atoms with E-state index in [0.717, 1.165) is 56.7 Å². The van der Waals surface area contributed by atoms with Crippen molar-refractivity contribution in [1.82, 2.24) is 24.7 Å². The Morgan fingerprint density at radius 3 is 2.48 bits per heavy atom. The quantitative estimate of drug-likeness (QED) is 0.831. The predicted octanol–water partition coefficient (Wildman–Crippen LogP) is 2.63. The monoisotopic (exact) mass is 367 g/mol. The molecule has 3 aliphatic heterocycles. The van der Waals surface area contributed by atoms with E-state index in [0.29, 0.717) is 5.92 Å². The van der Waals surface area contributed by atoms with E-state index in [1.807, 2.05) is 0 Å². The summed E-state index contributed by atoms with van der Waals surface area (Å²) < 4.78 is 2.36. The highest BCUT2D eigenvalue weighted by Crippen LogP contribution is 2.31. The van der Waals surface area contributed by atoms with Crippen molar-refractivity contribution in [3.8, 4) is 0 Å². The van der Waals surface area contributed by atoms with Crippen LogP contribution in [0.1, 0.15) is 56.6 Å². The van der Waals surface area contributed by atoms with Gasteiger partial charge in [-0.1, -0.05) is 6.92 Å². The number of nitrogens with zero attached hydrogens (tertiary/aromatic N) is 7. The van der Waals surface area contributed by atoms with Crippen LogP contribution in [0.2, 0.25) is 0 Å². The summed E-state index contributed by atoms with van der Waals surface area (Å²) in [5, 5.41) is 8.95. The van der Waals surface area contributed by atoms with Gasteiger partial charge in [0, 0.05) is 51.1 Å². The maximum absolute atomic E-state index is 4.61. The van der Waals surface area contributed by atoms with Crippen LogP contribution in [0.25, 0.3) is 0 Å². The fourth-order valence-corrected chi connectivity index (χ4v) is 4.95. The molecule has 0 aromatic carbocycles. The molecular weight excluding hydrogens is 338 g/mol. The first-order chi connectivity index (χ1) is 13.3. The zero-order valence-electron chi connectivity index (χ0n) is 16.2. The van der Waals surface area contributed by atoms with E-state index in [2.05, 4.69) is 47.5 Å². The molecule has 2 fully saturated rings. The Bertz CT molecular complexity index is 801. The Hall–Kier alpha value is -2.18. The molecule has 2 aromatic rings. The van der Waals surface area contributed by atoms with Crippen molar-refractivity contribution in [3.05, 3.63) is 24.0 Å². The van der Waals surface area contributed by atoms with Crippen LogP contribution in [-0.4, -0.2) is 50.9 Å². The Morgan fingerprint density at radius 1 is 0.889 bits per heavy atom. The fraction of sp³-hybridized carbons (Fsp3) is 0.700. The molecule has 0 aliphatic carbocycles. The zero-order chi connectivity index (χ0) is 18.2. The van der Waals surface area contributed by atoms with Gasteiger partial charge < -0.3 is 14.4 Å². The van der Waals surface area contributed by atoms with Gasteiger partial charge in [0.25, 0.3) is 0 Å². The molecule has 0 bridgehead atoms. The summed E-state index contributed by atoms with van der Waals surface area (Å²) in [7, 11) is 0. The van der Waals surface area contributed by atoms with Gasteiger partial charge in [0.15, 0.2) is 0 Å². The summed E-state index contributed by atoms with van der Waals surface area (Å²) in [4.78, 5) is 14.0. The average Bonchev–Trinajstić information content (AvgIpc) is 3.32. The van der Waals surface area contributed by atoms with Crippen molar-refractivity contribution in [3.63, 3.8) is 0 Å². The first kappa shape index (κ1) is 17.0. The lowest BCUT2D eigenvalue weighted by molar-refractivity contribution is 0.444. The number of fused-ring (bicyclic) bond motifs is 1. The van der Waals surface area contributed by atoms with Gasteiger partial charge >= 0.3 is 0 Å². The van der Waals surface area contributed by atoms with Crippen molar-refractivity contribution in [1.29, 1.82) is 0 Å². The van der Waals surface area contributed by atoms with Crippen molar-refractivity contribution in [2.75, 3.05) is 36.0 Å². The van der Waals surface area contributed by atoms with Gasteiger partial charge in [0.1, 0.15) is 29.6 Å². The number of aryl methyl sites for hydroxylation is 1. The van der Waals surface area contributed by atoms with E-state index in [4.69, 9.17) is 0 Å². The summed E-state index contributed by atoms with van der Waals surface area (Å²) in [6.45, 7) is 7.66. The highest BCUT2D eigenvalue weighted by molar-refractivity contribution is 5.51. The topological polar surface area (TPSA) is 63.0 Å². The second-order valence-corrected chi connectivity index (χ2v) is 8.44. The van der Waals surface area contributed by atoms with E-state index in [1.54, 1.807) is 6.33 Å². The van der Waals surface area contributed by atoms with E-state index in [9.17, 15) is 0 Å². The van der Waals surface area contributed by atoms with Crippen LogP contribution >= 0.6 is 0 Å².